The standard InChI is InChI=1S/2C5H5.2C4H5ClOS.Zr/c2*1-2-4-5-3-1;2*5-4(6)2-1-3-7-4;/h2*1-3H,4H2;2*1,3,6H,2H2;/q2*-1;;;+2. The van der Waals surface area contributed by atoms with Gasteiger partial charge >= 0.3 is 26.2 Å². The van der Waals surface area contributed by atoms with Gasteiger partial charge in [0, 0.05) is 12.8 Å². The van der Waals surface area contributed by atoms with E-state index in [2.05, 4.69) is 24.3 Å². The van der Waals surface area contributed by atoms with Crippen molar-refractivity contribution in [3.63, 3.8) is 0 Å². The molecule has 4 rings (SSSR count). The quantitative estimate of drug-likeness (QED) is 0.337. The molecule has 0 amide bonds. The number of alkyl halides is 2. The molecule has 2 N–H and O–H groups in total. The van der Waals surface area contributed by atoms with Crippen LogP contribution in [0, 0.1) is 12.2 Å². The molecule has 2 aliphatic heterocycles. The summed E-state index contributed by atoms with van der Waals surface area (Å²) in [5.41, 5.74) is 0. The molecule has 25 heavy (non-hydrogen) atoms. The monoisotopic (exact) mass is 492 g/mol. The molecule has 0 aromatic heterocycles. The van der Waals surface area contributed by atoms with Crippen molar-refractivity contribution < 1.29 is 36.4 Å². The Hall–Kier alpha value is 0.523. The van der Waals surface area contributed by atoms with Gasteiger partial charge in [0.05, 0.1) is 0 Å². The van der Waals surface area contributed by atoms with Gasteiger partial charge in [0.1, 0.15) is 0 Å². The zero-order valence-electron chi connectivity index (χ0n) is 13.6. The Balaban J connectivity index is 0.000000307. The minimum absolute atomic E-state index is 0. The van der Waals surface area contributed by atoms with E-state index in [-0.39, 0.29) is 26.2 Å². The molecule has 0 saturated heterocycles. The van der Waals surface area contributed by atoms with E-state index in [1.54, 1.807) is 10.8 Å². The van der Waals surface area contributed by atoms with Crippen LogP contribution in [-0.2, 0) is 26.2 Å². The van der Waals surface area contributed by atoms with E-state index in [4.69, 9.17) is 33.4 Å². The summed E-state index contributed by atoms with van der Waals surface area (Å²) in [5.74, 6) is 0. The van der Waals surface area contributed by atoms with E-state index in [9.17, 15) is 0 Å². The van der Waals surface area contributed by atoms with Crippen molar-refractivity contribution in [1.29, 1.82) is 0 Å². The zero-order valence-corrected chi connectivity index (χ0v) is 19.2. The van der Waals surface area contributed by atoms with Crippen LogP contribution < -0.4 is 0 Å². The molecule has 2 heterocycles. The summed E-state index contributed by atoms with van der Waals surface area (Å²) in [5, 5.41) is 21.3. The Morgan fingerprint density at radius 2 is 1.16 bits per heavy atom. The van der Waals surface area contributed by atoms with Gasteiger partial charge in [-0.15, -0.1) is 12.8 Å². The normalized spacial score (nSPS) is 29.3. The predicted octanol–water partition coefficient (Wildman–Crippen LogP) is 5.65. The molecule has 0 spiro atoms. The molecule has 0 radical (unpaired) electrons. The second kappa shape index (κ2) is 14.6. The summed E-state index contributed by atoms with van der Waals surface area (Å²) in [6.07, 6.45) is 24.8. The molecule has 4 aliphatic rings. The van der Waals surface area contributed by atoms with Crippen molar-refractivity contribution in [1.82, 2.24) is 0 Å². The summed E-state index contributed by atoms with van der Waals surface area (Å²) < 4.78 is -2.06. The Morgan fingerprint density at radius 3 is 1.24 bits per heavy atom. The van der Waals surface area contributed by atoms with E-state index < -0.39 is 8.78 Å². The topological polar surface area (TPSA) is 40.5 Å². The predicted molar refractivity (Wildman–Crippen MR) is 107 cm³/mol. The number of thioether (sulfide) groups is 2. The molecule has 0 saturated carbocycles. The largest absolute Gasteiger partial charge is 2.00 e. The first-order chi connectivity index (χ1) is 11.4. The van der Waals surface area contributed by atoms with E-state index >= 15 is 0 Å². The van der Waals surface area contributed by atoms with Crippen LogP contribution in [0.3, 0.4) is 0 Å². The molecular weight excluding hydrogens is 474 g/mol. The van der Waals surface area contributed by atoms with E-state index in [1.165, 1.54) is 23.5 Å². The summed E-state index contributed by atoms with van der Waals surface area (Å²) in [6.45, 7) is 0. The van der Waals surface area contributed by atoms with E-state index in [0.717, 1.165) is 12.8 Å². The molecule has 0 aromatic rings. The van der Waals surface area contributed by atoms with Crippen molar-refractivity contribution in [2.24, 2.45) is 0 Å². The Labute approximate surface area is 187 Å². The van der Waals surface area contributed by atoms with Gasteiger partial charge in [0.25, 0.3) is 0 Å². The van der Waals surface area contributed by atoms with Crippen LogP contribution in [-0.4, -0.2) is 19.0 Å². The third-order valence-electron chi connectivity index (χ3n) is 2.60. The van der Waals surface area contributed by atoms with Crippen molar-refractivity contribution >= 4 is 46.7 Å². The third kappa shape index (κ3) is 15.3. The zero-order chi connectivity index (χ0) is 17.7. The van der Waals surface area contributed by atoms with Crippen molar-refractivity contribution in [2.45, 2.75) is 34.5 Å². The molecule has 0 fully saturated rings. The minimum Gasteiger partial charge on any atom is -0.366 e. The van der Waals surface area contributed by atoms with Gasteiger partial charge in [-0.1, -0.05) is 58.9 Å². The summed E-state index contributed by atoms with van der Waals surface area (Å²) >= 11 is 13.3. The average Bonchev–Trinajstić information content (AvgIpc) is 3.31. The molecule has 2 atom stereocenters. The molecule has 2 nitrogen and oxygen atoms in total. The first-order valence-electron chi connectivity index (χ1n) is 7.33. The fourth-order valence-corrected chi connectivity index (χ4v) is 3.14. The maximum Gasteiger partial charge on any atom is 2.00 e. The maximum absolute atomic E-state index is 8.86. The second-order valence-electron chi connectivity index (χ2n) is 4.77. The molecule has 2 aliphatic carbocycles. The fourth-order valence-electron chi connectivity index (χ4n) is 1.47. The van der Waals surface area contributed by atoms with E-state index in [1.807, 2.05) is 36.5 Å². The van der Waals surface area contributed by atoms with Crippen molar-refractivity contribution in [3.05, 3.63) is 71.6 Å². The minimum atomic E-state index is -1.03. The molecule has 0 bridgehead atoms. The SMILES string of the molecule is OC1(Cl)CC=CS1.OC1(Cl)CC=CS1.[C-]1=CC=CC1.[C-]1=CC=CC1.[Zr+2]. The number of hydrogen-bond donors (Lipinski definition) is 2. The van der Waals surface area contributed by atoms with Gasteiger partial charge in [-0.25, -0.2) is 24.3 Å². The Bertz CT molecular complexity index is 451. The molecule has 134 valence electrons. The van der Waals surface area contributed by atoms with Crippen molar-refractivity contribution in [2.75, 3.05) is 0 Å². The first kappa shape index (κ1) is 25.5. The van der Waals surface area contributed by atoms with Gasteiger partial charge in [-0.3, -0.25) is 12.2 Å². The third-order valence-corrected chi connectivity index (χ3v) is 5.16. The van der Waals surface area contributed by atoms with Gasteiger partial charge in [-0.05, 0) is 10.8 Å². The van der Waals surface area contributed by atoms with Crippen LogP contribution in [0.2, 0.25) is 0 Å². The van der Waals surface area contributed by atoms with Crippen LogP contribution in [0.1, 0.15) is 25.7 Å². The molecule has 7 heteroatoms. The van der Waals surface area contributed by atoms with Crippen LogP contribution in [0.5, 0.6) is 0 Å². The van der Waals surface area contributed by atoms with Crippen LogP contribution in [0.15, 0.2) is 59.4 Å². The first-order valence-corrected chi connectivity index (χ1v) is 9.84. The van der Waals surface area contributed by atoms with Gasteiger partial charge in [0.2, 0.25) is 0 Å². The Morgan fingerprint density at radius 1 is 0.760 bits per heavy atom. The Kier molecular flexibility index (Phi) is 14.9. The second-order valence-corrected chi connectivity index (χ2v) is 8.84. The fraction of sp³-hybridized carbons (Fsp3) is 0.333. The number of halogens is 2. The molecule has 2 unspecified atom stereocenters. The average molecular weight is 495 g/mol. The van der Waals surface area contributed by atoms with Gasteiger partial charge in [-0.2, -0.15) is 12.2 Å². The van der Waals surface area contributed by atoms with Crippen LogP contribution >= 0.6 is 46.7 Å². The van der Waals surface area contributed by atoms with E-state index in [0.29, 0.717) is 12.8 Å². The van der Waals surface area contributed by atoms with Gasteiger partial charge in [0.15, 0.2) is 8.78 Å². The van der Waals surface area contributed by atoms with Crippen LogP contribution in [0.25, 0.3) is 0 Å². The number of hydrogen-bond acceptors (Lipinski definition) is 4. The smallest absolute Gasteiger partial charge is 0.366 e. The number of aliphatic hydroxyl groups is 2. The summed E-state index contributed by atoms with van der Waals surface area (Å²) in [7, 11) is 0. The van der Waals surface area contributed by atoms with Crippen LogP contribution in [0.4, 0.5) is 0 Å². The summed E-state index contributed by atoms with van der Waals surface area (Å²) in [4.78, 5) is 0. The molecular formula is C18H20Cl2O2S2Zr. The maximum atomic E-state index is 8.86. The van der Waals surface area contributed by atoms with Gasteiger partial charge < -0.3 is 10.2 Å². The van der Waals surface area contributed by atoms with Crippen molar-refractivity contribution in [3.8, 4) is 0 Å². The number of rotatable bonds is 0. The number of allylic oxidation sites excluding steroid dienone is 8. The summed E-state index contributed by atoms with van der Waals surface area (Å²) in [6, 6.07) is 0. The molecule has 0 aromatic carbocycles.